The molecule has 5 aromatic rings. The summed E-state index contributed by atoms with van der Waals surface area (Å²) in [6.45, 7) is 2.27. The number of anilines is 1. The van der Waals surface area contributed by atoms with E-state index in [2.05, 4.69) is 20.5 Å². The van der Waals surface area contributed by atoms with E-state index in [4.69, 9.17) is 4.74 Å². The van der Waals surface area contributed by atoms with Gasteiger partial charge < -0.3 is 9.14 Å². The number of hydrogen-bond acceptors (Lipinski definition) is 6. The van der Waals surface area contributed by atoms with Gasteiger partial charge in [-0.2, -0.15) is 0 Å². The number of carbonyl (C=O) groups excluding carboxylic acids is 1. The van der Waals surface area contributed by atoms with E-state index in [1.165, 1.54) is 11.3 Å². The second kappa shape index (κ2) is 9.22. The van der Waals surface area contributed by atoms with E-state index in [1.807, 2.05) is 72.2 Å². The fourth-order valence-electron chi connectivity index (χ4n) is 3.52. The summed E-state index contributed by atoms with van der Waals surface area (Å²) in [5, 5.41) is 12.4. The highest BCUT2D eigenvalue weighted by atomic mass is 32.1. The third kappa shape index (κ3) is 4.75. The Morgan fingerprint density at radius 1 is 1.03 bits per heavy atom. The summed E-state index contributed by atoms with van der Waals surface area (Å²) < 4.78 is 7.93. The molecule has 0 saturated heterocycles. The SMILES string of the molecule is Cc1cccn2cc(COc3ccccc3C(=O)Nc3nnc(Cc4ccccc4)s3)nc12. The van der Waals surface area contributed by atoms with Gasteiger partial charge >= 0.3 is 0 Å². The first-order valence-corrected chi connectivity index (χ1v) is 11.3. The molecule has 33 heavy (non-hydrogen) atoms. The number of nitrogens with one attached hydrogen (secondary N) is 1. The van der Waals surface area contributed by atoms with E-state index >= 15 is 0 Å². The van der Waals surface area contributed by atoms with Crippen molar-refractivity contribution in [3.05, 3.63) is 107 Å². The number of rotatable bonds is 7. The lowest BCUT2D eigenvalue weighted by atomic mass is 10.2. The number of nitrogens with zero attached hydrogens (tertiary/aromatic N) is 4. The Morgan fingerprint density at radius 3 is 2.70 bits per heavy atom. The standard InChI is InChI=1S/C25H21N5O2S/c1-17-8-7-13-30-15-19(26-23(17)30)16-32-21-12-6-5-11-20(21)24(31)27-25-29-28-22(33-25)14-18-9-3-2-4-10-18/h2-13,15H,14,16H2,1H3,(H,27,29,31). The molecule has 3 aromatic heterocycles. The minimum absolute atomic E-state index is 0.255. The van der Waals surface area contributed by atoms with Gasteiger partial charge in [-0.05, 0) is 36.2 Å². The number of fused-ring (bicyclic) bond motifs is 1. The average molecular weight is 456 g/mol. The maximum Gasteiger partial charge on any atom is 0.261 e. The van der Waals surface area contributed by atoms with E-state index in [0.29, 0.717) is 22.9 Å². The zero-order valence-electron chi connectivity index (χ0n) is 17.9. The summed E-state index contributed by atoms with van der Waals surface area (Å²) in [5.74, 6) is 0.191. The van der Waals surface area contributed by atoms with E-state index in [1.54, 1.807) is 18.2 Å². The van der Waals surface area contributed by atoms with Crippen LogP contribution in [0.4, 0.5) is 5.13 Å². The fourth-order valence-corrected chi connectivity index (χ4v) is 4.29. The predicted molar refractivity (Wildman–Crippen MR) is 128 cm³/mol. The van der Waals surface area contributed by atoms with E-state index < -0.39 is 0 Å². The highest BCUT2D eigenvalue weighted by molar-refractivity contribution is 7.15. The van der Waals surface area contributed by atoms with Crippen LogP contribution in [0.2, 0.25) is 0 Å². The summed E-state index contributed by atoms with van der Waals surface area (Å²) in [5.41, 5.74) is 4.34. The van der Waals surface area contributed by atoms with Crippen LogP contribution in [-0.4, -0.2) is 25.5 Å². The van der Waals surface area contributed by atoms with Crippen LogP contribution in [0.1, 0.15) is 32.2 Å². The number of aryl methyl sites for hydroxylation is 1. The molecule has 0 fully saturated rings. The predicted octanol–water partition coefficient (Wildman–Crippen LogP) is 4.92. The van der Waals surface area contributed by atoms with Crippen molar-refractivity contribution in [2.45, 2.75) is 20.0 Å². The molecule has 1 amide bonds. The van der Waals surface area contributed by atoms with Gasteiger partial charge in [-0.1, -0.05) is 59.9 Å². The molecule has 0 atom stereocenters. The molecule has 0 unspecified atom stereocenters. The van der Waals surface area contributed by atoms with Crippen molar-refractivity contribution in [2.24, 2.45) is 0 Å². The first-order valence-electron chi connectivity index (χ1n) is 10.5. The van der Waals surface area contributed by atoms with Gasteiger partial charge in [-0.3, -0.25) is 10.1 Å². The van der Waals surface area contributed by atoms with Crippen LogP contribution in [0, 0.1) is 6.92 Å². The Kier molecular flexibility index (Phi) is 5.82. The lowest BCUT2D eigenvalue weighted by molar-refractivity contribution is 0.102. The minimum atomic E-state index is -0.293. The third-order valence-corrected chi connectivity index (χ3v) is 5.96. The first kappa shape index (κ1) is 20.8. The molecule has 2 aromatic carbocycles. The zero-order valence-corrected chi connectivity index (χ0v) is 18.7. The Hall–Kier alpha value is -4.04. The Bertz CT molecular complexity index is 1410. The molecule has 0 aliphatic rings. The van der Waals surface area contributed by atoms with Gasteiger partial charge in [-0.25, -0.2) is 4.98 Å². The summed E-state index contributed by atoms with van der Waals surface area (Å²) in [7, 11) is 0. The van der Waals surface area contributed by atoms with Crippen LogP contribution >= 0.6 is 11.3 Å². The first-order chi connectivity index (χ1) is 16.2. The number of carbonyl (C=O) groups is 1. The van der Waals surface area contributed by atoms with E-state index in [-0.39, 0.29) is 12.5 Å². The lowest BCUT2D eigenvalue weighted by Gasteiger charge is -2.09. The van der Waals surface area contributed by atoms with E-state index in [0.717, 1.165) is 27.5 Å². The van der Waals surface area contributed by atoms with E-state index in [9.17, 15) is 4.79 Å². The number of pyridine rings is 1. The fraction of sp³-hybridized carbons (Fsp3) is 0.120. The topological polar surface area (TPSA) is 81.4 Å². The summed E-state index contributed by atoms with van der Waals surface area (Å²) in [4.78, 5) is 17.6. The van der Waals surface area contributed by atoms with Crippen LogP contribution in [0.3, 0.4) is 0 Å². The van der Waals surface area contributed by atoms with Gasteiger partial charge in [0.1, 0.15) is 23.0 Å². The number of hydrogen-bond donors (Lipinski definition) is 1. The van der Waals surface area contributed by atoms with Gasteiger partial charge in [0, 0.05) is 18.8 Å². The number of para-hydroxylation sites is 1. The second-order valence-electron chi connectivity index (χ2n) is 7.56. The number of imidazole rings is 1. The number of benzene rings is 2. The molecule has 0 spiro atoms. The molecule has 5 rings (SSSR count). The highest BCUT2D eigenvalue weighted by Gasteiger charge is 2.16. The van der Waals surface area contributed by atoms with Crippen LogP contribution in [0.25, 0.3) is 5.65 Å². The van der Waals surface area contributed by atoms with Crippen molar-refractivity contribution in [3.63, 3.8) is 0 Å². The molecule has 1 N–H and O–H groups in total. The molecular formula is C25H21N5O2S. The second-order valence-corrected chi connectivity index (χ2v) is 8.62. The zero-order chi connectivity index (χ0) is 22.6. The largest absolute Gasteiger partial charge is 0.486 e. The maximum absolute atomic E-state index is 12.9. The monoisotopic (exact) mass is 455 g/mol. The van der Waals surface area contributed by atoms with Gasteiger partial charge in [0.2, 0.25) is 5.13 Å². The van der Waals surface area contributed by atoms with Crippen molar-refractivity contribution in [1.29, 1.82) is 0 Å². The summed E-state index contributed by atoms with van der Waals surface area (Å²) in [6.07, 6.45) is 4.56. The van der Waals surface area contributed by atoms with Crippen LogP contribution < -0.4 is 10.1 Å². The summed E-state index contributed by atoms with van der Waals surface area (Å²) in [6, 6.07) is 21.2. The van der Waals surface area contributed by atoms with Gasteiger partial charge in [-0.15, -0.1) is 10.2 Å². The molecule has 0 bridgehead atoms. The smallest absolute Gasteiger partial charge is 0.261 e. The van der Waals surface area contributed by atoms with Gasteiger partial charge in [0.05, 0.1) is 11.3 Å². The van der Waals surface area contributed by atoms with Crippen molar-refractivity contribution in [2.75, 3.05) is 5.32 Å². The quantitative estimate of drug-likeness (QED) is 0.377. The summed E-state index contributed by atoms with van der Waals surface area (Å²) >= 11 is 1.36. The van der Waals surface area contributed by atoms with Crippen molar-refractivity contribution in [3.8, 4) is 5.75 Å². The Labute approximate surface area is 194 Å². The van der Waals surface area contributed by atoms with Crippen LogP contribution in [0.15, 0.2) is 79.1 Å². The Balaban J connectivity index is 1.27. The molecule has 3 heterocycles. The lowest BCUT2D eigenvalue weighted by Crippen LogP contribution is -2.13. The minimum Gasteiger partial charge on any atom is -0.486 e. The number of ether oxygens (including phenoxy) is 1. The number of amides is 1. The molecule has 7 nitrogen and oxygen atoms in total. The average Bonchev–Trinajstić information content (AvgIpc) is 3.46. The van der Waals surface area contributed by atoms with Crippen LogP contribution in [0.5, 0.6) is 5.75 Å². The molecule has 164 valence electrons. The Morgan fingerprint density at radius 2 is 1.85 bits per heavy atom. The third-order valence-electron chi connectivity index (χ3n) is 5.12. The molecule has 0 aliphatic heterocycles. The normalized spacial score (nSPS) is 10.9. The van der Waals surface area contributed by atoms with Crippen LogP contribution in [-0.2, 0) is 13.0 Å². The maximum atomic E-state index is 12.9. The van der Waals surface area contributed by atoms with Crippen molar-refractivity contribution in [1.82, 2.24) is 19.6 Å². The van der Waals surface area contributed by atoms with Gasteiger partial charge in [0.15, 0.2) is 0 Å². The highest BCUT2D eigenvalue weighted by Crippen LogP contribution is 2.23. The molecule has 0 saturated carbocycles. The molecule has 0 aliphatic carbocycles. The molecule has 8 heteroatoms. The van der Waals surface area contributed by atoms with Gasteiger partial charge in [0.25, 0.3) is 5.91 Å². The molecule has 0 radical (unpaired) electrons. The van der Waals surface area contributed by atoms with Crippen molar-refractivity contribution < 1.29 is 9.53 Å². The number of aromatic nitrogens is 4. The molecular weight excluding hydrogens is 434 g/mol. The van der Waals surface area contributed by atoms with Crippen molar-refractivity contribution >= 4 is 28.0 Å².